The van der Waals surface area contributed by atoms with Crippen LogP contribution in [0.15, 0.2) is 76.7 Å². The van der Waals surface area contributed by atoms with Gasteiger partial charge in [0.05, 0.1) is 10.1 Å². The summed E-state index contributed by atoms with van der Waals surface area (Å²) in [6.07, 6.45) is 3.65. The van der Waals surface area contributed by atoms with E-state index in [1.165, 1.54) is 0 Å². The molecule has 1 saturated heterocycles. The molecule has 41 heavy (non-hydrogen) atoms. The number of aromatic nitrogens is 3. The van der Waals surface area contributed by atoms with Crippen molar-refractivity contribution in [1.82, 2.24) is 19.9 Å². The van der Waals surface area contributed by atoms with Crippen LogP contribution >= 0.6 is 10.2 Å². The molecule has 0 radical (unpaired) electrons. The molecule has 0 atom stereocenters. The van der Waals surface area contributed by atoms with Gasteiger partial charge in [-0.3, -0.25) is 4.40 Å². The van der Waals surface area contributed by atoms with Gasteiger partial charge < -0.3 is 10.6 Å². The Morgan fingerprint density at radius 1 is 0.805 bits per heavy atom. The fourth-order valence-corrected chi connectivity index (χ4v) is 7.86. The van der Waals surface area contributed by atoms with Crippen LogP contribution in [0, 0.1) is 0 Å². The first-order chi connectivity index (χ1) is 19.2. The van der Waals surface area contributed by atoms with Crippen molar-refractivity contribution in [2.24, 2.45) is 0 Å². The summed E-state index contributed by atoms with van der Waals surface area (Å²) < 4.78 is 93.5. The maximum atomic E-state index is 13.4. The molecule has 4 aromatic rings. The number of rotatable bonds is 7. The van der Waals surface area contributed by atoms with E-state index in [4.69, 9.17) is 0 Å². The second kappa shape index (κ2) is 9.13. The summed E-state index contributed by atoms with van der Waals surface area (Å²) in [7, 11) is -13.3. The van der Waals surface area contributed by atoms with E-state index >= 15 is 0 Å². The normalized spacial score (nSPS) is 22.1. The third-order valence-electron chi connectivity index (χ3n) is 7.88. The van der Waals surface area contributed by atoms with Gasteiger partial charge in [-0.2, -0.15) is 0 Å². The Morgan fingerprint density at radius 2 is 1.44 bits per heavy atom. The first-order valence-electron chi connectivity index (χ1n) is 13.2. The number of nitrogens with one attached hydrogen (secondary N) is 2. The van der Waals surface area contributed by atoms with Crippen molar-refractivity contribution in [2.75, 3.05) is 18.4 Å². The van der Waals surface area contributed by atoms with Gasteiger partial charge >= 0.3 is 10.2 Å². The van der Waals surface area contributed by atoms with E-state index in [1.807, 2.05) is 22.7 Å². The van der Waals surface area contributed by atoms with Gasteiger partial charge in [-0.25, -0.2) is 8.42 Å². The van der Waals surface area contributed by atoms with Gasteiger partial charge in [-0.1, -0.05) is 31.6 Å². The molecule has 1 aliphatic carbocycles. The summed E-state index contributed by atoms with van der Waals surface area (Å²) in [5, 5.41) is 14.2. The second-order valence-corrected chi connectivity index (χ2v) is 15.4. The van der Waals surface area contributed by atoms with Gasteiger partial charge in [0.1, 0.15) is 10.7 Å². The Hall–Kier alpha value is -3.23. The van der Waals surface area contributed by atoms with Crippen molar-refractivity contribution in [2.45, 2.75) is 52.7 Å². The summed E-state index contributed by atoms with van der Waals surface area (Å²) in [6.45, 7) is 1.71. The van der Waals surface area contributed by atoms with Crippen LogP contribution < -0.4 is 10.6 Å². The van der Waals surface area contributed by atoms with Gasteiger partial charge in [-0.05, 0) is 85.3 Å². The third-order valence-corrected chi connectivity index (χ3v) is 11.3. The van der Waals surface area contributed by atoms with Crippen molar-refractivity contribution < 1.29 is 27.8 Å². The van der Waals surface area contributed by atoms with Crippen LogP contribution in [0.2, 0.25) is 0 Å². The molecule has 0 unspecified atom stereocenters. The predicted molar refractivity (Wildman–Crippen MR) is 149 cm³/mol. The zero-order chi connectivity index (χ0) is 29.1. The molecule has 2 N–H and O–H groups in total. The van der Waals surface area contributed by atoms with E-state index < -0.39 is 30.2 Å². The highest BCUT2D eigenvalue weighted by Gasteiger charge is 2.65. The number of anilines is 1. The lowest BCUT2D eigenvalue weighted by atomic mass is 9.95. The van der Waals surface area contributed by atoms with Gasteiger partial charge in [0.25, 0.3) is 0 Å². The minimum atomic E-state index is -9.72. The topological polar surface area (TPSA) is 88.4 Å². The molecule has 2 fully saturated rings. The fourth-order valence-electron chi connectivity index (χ4n) is 5.42. The number of pyridine rings is 1. The molecular formula is C27H28F5N5O2S2. The van der Waals surface area contributed by atoms with E-state index in [1.54, 1.807) is 24.3 Å². The maximum Gasteiger partial charge on any atom is 0.310 e. The van der Waals surface area contributed by atoms with Crippen LogP contribution in [0.5, 0.6) is 0 Å². The molecule has 2 aliphatic rings. The summed E-state index contributed by atoms with van der Waals surface area (Å²) in [5.41, 5.74) is 2.80. The SMILES string of the molecule is O=S(=O)(c1ccc(-c2ccc3nnc(C4CNC4)n3c2)cc1)C1CCC(Nc2ccc(S(F)(F)(F)(F)F)cc2)CC1. The van der Waals surface area contributed by atoms with Gasteiger partial charge in [0.2, 0.25) is 0 Å². The van der Waals surface area contributed by atoms with E-state index in [2.05, 4.69) is 20.8 Å². The van der Waals surface area contributed by atoms with Crippen molar-refractivity contribution in [3.8, 4) is 11.1 Å². The molecule has 3 heterocycles. The highest BCUT2D eigenvalue weighted by molar-refractivity contribution is 8.45. The number of benzene rings is 2. The molecule has 6 rings (SSSR count). The van der Waals surface area contributed by atoms with Gasteiger partial charge in [0, 0.05) is 36.9 Å². The molecule has 0 spiro atoms. The highest BCUT2D eigenvalue weighted by Crippen LogP contribution is 3.02. The average molecular weight is 614 g/mol. The lowest BCUT2D eigenvalue weighted by Crippen LogP contribution is -2.40. The Balaban J connectivity index is 1.10. The Morgan fingerprint density at radius 3 is 2.02 bits per heavy atom. The number of hydrogen-bond acceptors (Lipinski definition) is 6. The standard InChI is InChI=1S/C27H28F5N5O2S2/c28-41(29,30,31,32)25-12-6-22(7-13-25)34-21-4-10-24(11-5-21)40(38,39)23-8-1-18(2-9-23)19-3-14-26-35-36-27(37(26)17-19)20-15-33-16-20/h1-3,6-9,12-14,17,20-21,24,33-34H,4-5,10-11,15-16H2. The summed E-state index contributed by atoms with van der Waals surface area (Å²) in [6, 6.07) is 13.1. The number of hydrogen-bond donors (Lipinski definition) is 2. The molecule has 7 nitrogen and oxygen atoms in total. The Bertz CT molecular complexity index is 1700. The Kier molecular flexibility index (Phi) is 6.22. The lowest BCUT2D eigenvalue weighted by Gasteiger charge is -2.40. The summed E-state index contributed by atoms with van der Waals surface area (Å²) in [4.78, 5) is -1.71. The van der Waals surface area contributed by atoms with Gasteiger partial charge in [-0.15, -0.1) is 10.2 Å². The molecule has 2 aromatic heterocycles. The zero-order valence-electron chi connectivity index (χ0n) is 21.7. The van der Waals surface area contributed by atoms with E-state index in [-0.39, 0.29) is 16.6 Å². The minimum Gasteiger partial charge on any atom is -0.382 e. The molecule has 0 bridgehead atoms. The van der Waals surface area contributed by atoms with Gasteiger partial charge in [0.15, 0.2) is 15.5 Å². The first-order valence-corrected chi connectivity index (χ1v) is 16.7. The monoisotopic (exact) mass is 613 g/mol. The maximum absolute atomic E-state index is 13.4. The van der Waals surface area contributed by atoms with Crippen molar-refractivity contribution in [1.29, 1.82) is 0 Å². The smallest absolute Gasteiger partial charge is 0.310 e. The molecule has 2 aromatic carbocycles. The first kappa shape index (κ1) is 27.9. The largest absolute Gasteiger partial charge is 0.382 e. The van der Waals surface area contributed by atoms with Crippen LogP contribution in [0.4, 0.5) is 25.1 Å². The molecule has 1 aliphatic heterocycles. The number of sulfone groups is 1. The van der Waals surface area contributed by atoms with Crippen LogP contribution in [0.3, 0.4) is 0 Å². The quantitative estimate of drug-likeness (QED) is 0.220. The summed E-state index contributed by atoms with van der Waals surface area (Å²) in [5.74, 6) is 1.20. The molecule has 220 valence electrons. The van der Waals surface area contributed by atoms with Crippen LogP contribution in [0.1, 0.15) is 37.4 Å². The predicted octanol–water partition coefficient (Wildman–Crippen LogP) is 6.94. The number of fused-ring (bicyclic) bond motifs is 1. The molecule has 1 saturated carbocycles. The summed E-state index contributed by atoms with van der Waals surface area (Å²) >= 11 is 0. The highest BCUT2D eigenvalue weighted by atomic mass is 32.5. The van der Waals surface area contributed by atoms with Crippen molar-refractivity contribution in [3.63, 3.8) is 0 Å². The zero-order valence-corrected chi connectivity index (χ0v) is 23.3. The van der Waals surface area contributed by atoms with E-state index in [0.717, 1.165) is 47.8 Å². The second-order valence-electron chi connectivity index (χ2n) is 10.7. The fraction of sp³-hybridized carbons (Fsp3) is 0.333. The number of nitrogens with zero attached hydrogens (tertiary/aromatic N) is 3. The van der Waals surface area contributed by atoms with E-state index in [9.17, 15) is 27.8 Å². The lowest BCUT2D eigenvalue weighted by molar-refractivity contribution is 0.364. The number of halogens is 5. The van der Waals surface area contributed by atoms with Crippen molar-refractivity contribution in [3.05, 3.63) is 72.7 Å². The third kappa shape index (κ3) is 5.64. The minimum absolute atomic E-state index is 0.178. The van der Waals surface area contributed by atoms with Crippen LogP contribution in [-0.4, -0.2) is 47.4 Å². The Labute approximate surface area is 233 Å². The van der Waals surface area contributed by atoms with E-state index in [0.29, 0.717) is 43.7 Å². The molecule has 14 heteroatoms. The average Bonchev–Trinajstić information content (AvgIpc) is 3.30. The van der Waals surface area contributed by atoms with Crippen LogP contribution in [0.25, 0.3) is 16.8 Å². The van der Waals surface area contributed by atoms with Crippen LogP contribution in [-0.2, 0) is 9.84 Å². The molecular weight excluding hydrogens is 585 g/mol. The molecule has 0 amide bonds. The van der Waals surface area contributed by atoms with Crippen molar-refractivity contribution >= 4 is 31.4 Å².